The zero-order valence-corrected chi connectivity index (χ0v) is 15.9. The Balaban J connectivity index is 1.91. The maximum atomic E-state index is 4.43. The molecule has 25 heavy (non-hydrogen) atoms. The van der Waals surface area contributed by atoms with E-state index < -0.39 is 0 Å². The van der Waals surface area contributed by atoms with Crippen molar-refractivity contribution < 1.29 is 0 Å². The molecule has 1 aromatic carbocycles. The van der Waals surface area contributed by atoms with E-state index in [1.165, 1.54) is 11.1 Å². The highest BCUT2D eigenvalue weighted by Gasteiger charge is 2.29. The van der Waals surface area contributed by atoms with Gasteiger partial charge < -0.3 is 4.90 Å². The molecule has 6 nitrogen and oxygen atoms in total. The van der Waals surface area contributed by atoms with E-state index in [9.17, 15) is 0 Å². The fraction of sp³-hybridized carbons (Fsp3) is 0.632. The number of hydrogen-bond acceptors (Lipinski definition) is 5. The summed E-state index contributed by atoms with van der Waals surface area (Å²) in [4.78, 5) is 4.90. The second-order valence-electron chi connectivity index (χ2n) is 7.60. The van der Waals surface area contributed by atoms with Gasteiger partial charge in [0.1, 0.15) is 0 Å². The molecule has 0 bridgehead atoms. The summed E-state index contributed by atoms with van der Waals surface area (Å²) >= 11 is 0. The number of benzene rings is 1. The fourth-order valence-corrected chi connectivity index (χ4v) is 3.30. The van der Waals surface area contributed by atoms with Crippen molar-refractivity contribution >= 4 is 0 Å². The predicted molar refractivity (Wildman–Crippen MR) is 99.4 cm³/mol. The van der Waals surface area contributed by atoms with E-state index in [0.717, 1.165) is 45.0 Å². The predicted octanol–water partition coefficient (Wildman–Crippen LogP) is 2.36. The minimum absolute atomic E-state index is 0.122. The third-order valence-electron chi connectivity index (χ3n) is 5.02. The molecule has 136 valence electrons. The first-order valence-corrected chi connectivity index (χ1v) is 9.30. The number of tetrazole rings is 1. The standard InChI is InChI=1S/C19H30N6/c1-15(2)9-10-25-19(20-21-22-25)18(17-7-5-16(3)6-8-17)24-13-11-23(4)12-14-24/h5-8,15,18H,9-14H2,1-4H3. The van der Waals surface area contributed by atoms with Crippen molar-refractivity contribution in [2.75, 3.05) is 33.2 Å². The average Bonchev–Trinajstić information content (AvgIpc) is 3.05. The van der Waals surface area contributed by atoms with E-state index in [2.05, 4.69) is 77.4 Å². The molecular weight excluding hydrogens is 312 g/mol. The molecule has 2 heterocycles. The monoisotopic (exact) mass is 342 g/mol. The molecule has 1 fully saturated rings. The summed E-state index contributed by atoms with van der Waals surface area (Å²) in [5.74, 6) is 1.60. The third-order valence-corrected chi connectivity index (χ3v) is 5.02. The van der Waals surface area contributed by atoms with Crippen molar-refractivity contribution in [1.29, 1.82) is 0 Å². The van der Waals surface area contributed by atoms with Crippen molar-refractivity contribution in [3.8, 4) is 0 Å². The molecule has 1 unspecified atom stereocenters. The van der Waals surface area contributed by atoms with Crippen LogP contribution in [0.5, 0.6) is 0 Å². The van der Waals surface area contributed by atoms with Crippen LogP contribution < -0.4 is 0 Å². The molecule has 0 amide bonds. The van der Waals surface area contributed by atoms with Crippen LogP contribution in [0, 0.1) is 12.8 Å². The van der Waals surface area contributed by atoms with Gasteiger partial charge in [0, 0.05) is 32.7 Å². The Kier molecular flexibility index (Phi) is 5.81. The van der Waals surface area contributed by atoms with Gasteiger partial charge in [0.15, 0.2) is 5.82 Å². The SMILES string of the molecule is Cc1ccc(C(c2nnnn2CCC(C)C)N2CCN(C)CC2)cc1. The molecule has 1 aliphatic heterocycles. The van der Waals surface area contributed by atoms with Gasteiger partial charge in [-0.15, -0.1) is 5.10 Å². The number of aryl methyl sites for hydroxylation is 2. The summed E-state index contributed by atoms with van der Waals surface area (Å²) in [6.07, 6.45) is 1.08. The van der Waals surface area contributed by atoms with Crippen LogP contribution >= 0.6 is 0 Å². The van der Waals surface area contributed by atoms with Crippen molar-refractivity contribution in [2.24, 2.45) is 5.92 Å². The van der Waals surface area contributed by atoms with Crippen LogP contribution in [-0.4, -0.2) is 63.2 Å². The molecule has 1 aliphatic rings. The molecule has 6 heteroatoms. The first kappa shape index (κ1) is 18.0. The number of likely N-dealkylation sites (N-methyl/N-ethyl adjacent to an activating group) is 1. The van der Waals surface area contributed by atoms with E-state index in [0.29, 0.717) is 5.92 Å². The molecule has 0 radical (unpaired) electrons. The highest BCUT2D eigenvalue weighted by Crippen LogP contribution is 2.28. The van der Waals surface area contributed by atoms with Crippen molar-refractivity contribution in [2.45, 2.75) is 39.8 Å². The van der Waals surface area contributed by atoms with Gasteiger partial charge in [-0.2, -0.15) is 0 Å². The number of rotatable bonds is 6. The fourth-order valence-electron chi connectivity index (χ4n) is 3.30. The molecule has 0 saturated carbocycles. The van der Waals surface area contributed by atoms with Gasteiger partial charge >= 0.3 is 0 Å². The minimum Gasteiger partial charge on any atom is -0.304 e. The van der Waals surface area contributed by atoms with E-state index in [-0.39, 0.29) is 6.04 Å². The summed E-state index contributed by atoms with van der Waals surface area (Å²) < 4.78 is 2.00. The van der Waals surface area contributed by atoms with Gasteiger partial charge in [0.05, 0.1) is 6.04 Å². The van der Waals surface area contributed by atoms with Gasteiger partial charge in [-0.25, -0.2) is 4.68 Å². The van der Waals surface area contributed by atoms with Crippen LogP contribution in [0.2, 0.25) is 0 Å². The minimum atomic E-state index is 0.122. The Bertz CT molecular complexity index is 655. The average molecular weight is 342 g/mol. The summed E-state index contributed by atoms with van der Waals surface area (Å²) in [7, 11) is 2.19. The smallest absolute Gasteiger partial charge is 0.173 e. The Morgan fingerprint density at radius 3 is 2.36 bits per heavy atom. The van der Waals surface area contributed by atoms with Crippen molar-refractivity contribution in [3.63, 3.8) is 0 Å². The van der Waals surface area contributed by atoms with E-state index in [1.807, 2.05) is 4.68 Å². The maximum Gasteiger partial charge on any atom is 0.173 e. The molecule has 1 aromatic heterocycles. The summed E-state index contributed by atoms with van der Waals surface area (Å²) in [6.45, 7) is 11.7. The third kappa shape index (κ3) is 4.44. The highest BCUT2D eigenvalue weighted by molar-refractivity contribution is 5.28. The summed E-state index contributed by atoms with van der Waals surface area (Å²) in [5.41, 5.74) is 2.55. The van der Waals surface area contributed by atoms with Crippen molar-refractivity contribution in [1.82, 2.24) is 30.0 Å². The summed E-state index contributed by atoms with van der Waals surface area (Å²) in [6, 6.07) is 8.93. The highest BCUT2D eigenvalue weighted by atomic mass is 15.6. The van der Waals surface area contributed by atoms with E-state index >= 15 is 0 Å². The second-order valence-corrected chi connectivity index (χ2v) is 7.60. The van der Waals surface area contributed by atoms with Gasteiger partial charge in [-0.1, -0.05) is 43.7 Å². The van der Waals surface area contributed by atoms with Crippen molar-refractivity contribution in [3.05, 3.63) is 41.2 Å². The maximum absolute atomic E-state index is 4.43. The lowest BCUT2D eigenvalue weighted by atomic mass is 10.0. The normalized spacial score (nSPS) is 18.0. The van der Waals surface area contributed by atoms with Gasteiger partial charge in [0.25, 0.3) is 0 Å². The number of hydrogen-bond donors (Lipinski definition) is 0. The molecule has 1 atom stereocenters. The number of nitrogens with zero attached hydrogens (tertiary/aromatic N) is 6. The molecule has 3 rings (SSSR count). The molecule has 0 spiro atoms. The molecule has 1 saturated heterocycles. The summed E-state index contributed by atoms with van der Waals surface area (Å²) in [5, 5.41) is 12.7. The lowest BCUT2D eigenvalue weighted by Crippen LogP contribution is -2.46. The van der Waals surface area contributed by atoms with Crippen LogP contribution in [0.15, 0.2) is 24.3 Å². The lowest BCUT2D eigenvalue weighted by Gasteiger charge is -2.37. The second kappa shape index (κ2) is 8.06. The quantitative estimate of drug-likeness (QED) is 0.807. The molecule has 0 N–H and O–H groups in total. The largest absolute Gasteiger partial charge is 0.304 e. The van der Waals surface area contributed by atoms with Crippen LogP contribution in [0.4, 0.5) is 0 Å². The van der Waals surface area contributed by atoms with Gasteiger partial charge in [0.2, 0.25) is 0 Å². The Morgan fingerprint density at radius 1 is 1.04 bits per heavy atom. The van der Waals surface area contributed by atoms with E-state index in [1.54, 1.807) is 0 Å². The number of piperazine rings is 1. The molecular formula is C19H30N6. The van der Waals surface area contributed by atoms with Crippen LogP contribution in [-0.2, 0) is 6.54 Å². The topological polar surface area (TPSA) is 50.1 Å². The zero-order chi connectivity index (χ0) is 17.8. The molecule has 0 aliphatic carbocycles. The molecule has 2 aromatic rings. The van der Waals surface area contributed by atoms with Gasteiger partial charge in [-0.3, -0.25) is 4.90 Å². The zero-order valence-electron chi connectivity index (χ0n) is 15.9. The van der Waals surface area contributed by atoms with Crippen LogP contribution in [0.3, 0.4) is 0 Å². The van der Waals surface area contributed by atoms with Crippen LogP contribution in [0.1, 0.15) is 43.3 Å². The van der Waals surface area contributed by atoms with E-state index in [4.69, 9.17) is 0 Å². The van der Waals surface area contributed by atoms with Gasteiger partial charge in [-0.05, 0) is 42.3 Å². The first-order chi connectivity index (χ1) is 12.0. The first-order valence-electron chi connectivity index (χ1n) is 9.30. The lowest BCUT2D eigenvalue weighted by molar-refractivity contribution is 0.121. The number of aromatic nitrogens is 4. The Hall–Kier alpha value is -1.79. The Labute approximate surface area is 150 Å². The van der Waals surface area contributed by atoms with Crippen LogP contribution in [0.25, 0.3) is 0 Å². The Morgan fingerprint density at radius 2 is 1.72 bits per heavy atom.